The number of hydrogen-bond donors (Lipinski definition) is 2. The summed E-state index contributed by atoms with van der Waals surface area (Å²) in [5, 5.41) is 5.56. The molecule has 0 aromatic heterocycles. The summed E-state index contributed by atoms with van der Waals surface area (Å²) in [5.74, 6) is 1.11. The van der Waals surface area contributed by atoms with E-state index >= 15 is 0 Å². The van der Waals surface area contributed by atoms with Crippen LogP contribution in [0.2, 0.25) is 0 Å². The second-order valence-corrected chi connectivity index (χ2v) is 6.19. The van der Waals surface area contributed by atoms with Gasteiger partial charge in [-0.15, -0.1) is 0 Å². The summed E-state index contributed by atoms with van der Waals surface area (Å²) < 4.78 is 33.4. The lowest BCUT2D eigenvalue weighted by Gasteiger charge is -2.15. The summed E-state index contributed by atoms with van der Waals surface area (Å²) >= 11 is 0. The number of anilines is 1. The maximum absolute atomic E-state index is 11.9. The highest BCUT2D eigenvalue weighted by molar-refractivity contribution is 5.89. The second-order valence-electron chi connectivity index (χ2n) is 6.19. The molecule has 164 valence electrons. The first-order valence-electron chi connectivity index (χ1n) is 10.0. The lowest BCUT2D eigenvalue weighted by Crippen LogP contribution is -2.29. The quantitative estimate of drug-likeness (QED) is 0.784. The van der Waals surface area contributed by atoms with Crippen molar-refractivity contribution in [3.63, 3.8) is 0 Å². The Balaban J connectivity index is 1.93. The van der Waals surface area contributed by atoms with Gasteiger partial charge in [-0.1, -0.05) is 6.92 Å². The van der Waals surface area contributed by atoms with E-state index in [1.807, 2.05) is 6.92 Å². The Morgan fingerprint density at radius 3 is 1.86 bits per heavy atom. The predicted molar refractivity (Wildman–Crippen MR) is 108 cm³/mol. The summed E-state index contributed by atoms with van der Waals surface area (Å²) in [4.78, 5) is 11.9. The van der Waals surface area contributed by atoms with Gasteiger partial charge in [-0.05, 0) is 18.6 Å². The van der Waals surface area contributed by atoms with E-state index in [2.05, 4.69) is 10.6 Å². The first-order chi connectivity index (χ1) is 14.3. The molecule has 1 aliphatic rings. The van der Waals surface area contributed by atoms with Crippen molar-refractivity contribution in [3.8, 4) is 11.5 Å². The van der Waals surface area contributed by atoms with E-state index in [0.717, 1.165) is 6.42 Å². The molecule has 1 aromatic rings. The molecule has 0 spiro atoms. The summed E-state index contributed by atoms with van der Waals surface area (Å²) in [6, 6.07) is 5.01. The van der Waals surface area contributed by atoms with E-state index in [9.17, 15) is 4.79 Å². The third-order valence-electron chi connectivity index (χ3n) is 3.82. The number of hydrogen-bond acceptors (Lipinski definition) is 7. The molecule has 0 fully saturated rings. The van der Waals surface area contributed by atoms with Gasteiger partial charge < -0.3 is 39.1 Å². The molecule has 1 heterocycles. The number of fused-ring (bicyclic) bond motifs is 1. The zero-order chi connectivity index (χ0) is 20.6. The van der Waals surface area contributed by atoms with Gasteiger partial charge in [0.15, 0.2) is 11.5 Å². The Bertz CT molecular complexity index is 586. The van der Waals surface area contributed by atoms with Crippen molar-refractivity contribution in [2.75, 3.05) is 77.9 Å². The number of ether oxygens (including phenoxy) is 6. The molecular formula is C20H32N2O7. The summed E-state index contributed by atoms with van der Waals surface area (Å²) in [7, 11) is 0. The fourth-order valence-electron chi connectivity index (χ4n) is 2.41. The molecule has 0 saturated carbocycles. The lowest BCUT2D eigenvalue weighted by atomic mass is 10.2. The van der Waals surface area contributed by atoms with Gasteiger partial charge in [-0.3, -0.25) is 0 Å². The van der Waals surface area contributed by atoms with Crippen molar-refractivity contribution in [2.24, 2.45) is 0 Å². The molecule has 29 heavy (non-hydrogen) atoms. The summed E-state index contributed by atoms with van der Waals surface area (Å²) in [5.41, 5.74) is 0.616. The second kappa shape index (κ2) is 14.9. The molecule has 0 aliphatic carbocycles. The van der Waals surface area contributed by atoms with E-state index < -0.39 is 0 Å². The fourth-order valence-corrected chi connectivity index (χ4v) is 2.41. The largest absolute Gasteiger partial charge is 0.487 e. The summed E-state index contributed by atoms with van der Waals surface area (Å²) in [6.07, 6.45) is 0.869. The average Bonchev–Trinajstić information content (AvgIpc) is 2.72. The smallest absolute Gasteiger partial charge is 0.319 e. The van der Waals surface area contributed by atoms with Crippen molar-refractivity contribution >= 4 is 11.7 Å². The number of carbonyl (C=O) groups excluding carboxylic acids is 1. The molecule has 0 radical (unpaired) electrons. The van der Waals surface area contributed by atoms with Crippen LogP contribution < -0.4 is 20.1 Å². The Morgan fingerprint density at radius 1 is 0.793 bits per heavy atom. The van der Waals surface area contributed by atoms with Crippen LogP contribution in [0.3, 0.4) is 0 Å². The van der Waals surface area contributed by atoms with Crippen LogP contribution in [0.15, 0.2) is 18.2 Å². The highest BCUT2D eigenvalue weighted by Crippen LogP contribution is 2.30. The standard InChI is InChI=1S/C20H32N2O7/c1-2-5-21-20(23)22-17-3-4-18-19(16-17)29-15-13-27-11-9-25-7-6-24-8-10-26-12-14-28-18/h3-4,16H,2,5-15H2,1H3,(H2,21,22,23). The molecule has 0 bridgehead atoms. The molecule has 9 heteroatoms. The van der Waals surface area contributed by atoms with Crippen molar-refractivity contribution in [1.82, 2.24) is 5.32 Å². The number of nitrogens with one attached hydrogen (secondary N) is 2. The van der Waals surface area contributed by atoms with Gasteiger partial charge in [0, 0.05) is 18.3 Å². The van der Waals surface area contributed by atoms with Crippen LogP contribution in [0.4, 0.5) is 10.5 Å². The molecule has 0 atom stereocenters. The molecule has 2 rings (SSSR count). The van der Waals surface area contributed by atoms with Crippen molar-refractivity contribution in [1.29, 1.82) is 0 Å². The van der Waals surface area contributed by atoms with E-state index in [4.69, 9.17) is 28.4 Å². The zero-order valence-electron chi connectivity index (χ0n) is 17.1. The average molecular weight is 412 g/mol. The zero-order valence-corrected chi connectivity index (χ0v) is 17.1. The first-order valence-corrected chi connectivity index (χ1v) is 10.0. The van der Waals surface area contributed by atoms with E-state index in [1.54, 1.807) is 18.2 Å². The van der Waals surface area contributed by atoms with E-state index in [-0.39, 0.29) is 6.03 Å². The molecule has 2 amide bonds. The minimum atomic E-state index is -0.258. The molecule has 1 aliphatic heterocycles. The van der Waals surface area contributed by atoms with Crippen LogP contribution >= 0.6 is 0 Å². The van der Waals surface area contributed by atoms with Crippen LogP contribution in [0.5, 0.6) is 11.5 Å². The maximum Gasteiger partial charge on any atom is 0.319 e. The number of benzene rings is 1. The predicted octanol–water partition coefficient (Wildman–Crippen LogP) is 2.06. The minimum absolute atomic E-state index is 0.258. The SMILES string of the molecule is CCCNC(=O)Nc1ccc2c(c1)OCCOCCOCCOCCOCCO2. The Kier molecular flexibility index (Phi) is 11.9. The van der Waals surface area contributed by atoms with Crippen molar-refractivity contribution in [2.45, 2.75) is 13.3 Å². The topological polar surface area (TPSA) is 96.5 Å². The van der Waals surface area contributed by atoms with E-state index in [1.165, 1.54) is 0 Å². The number of amides is 2. The third kappa shape index (κ3) is 10.3. The monoisotopic (exact) mass is 412 g/mol. The van der Waals surface area contributed by atoms with Gasteiger partial charge in [0.1, 0.15) is 13.2 Å². The number of urea groups is 1. The van der Waals surface area contributed by atoms with Gasteiger partial charge in [0.2, 0.25) is 0 Å². The number of carbonyl (C=O) groups is 1. The minimum Gasteiger partial charge on any atom is -0.487 e. The molecule has 0 saturated heterocycles. The maximum atomic E-state index is 11.9. The summed E-state index contributed by atoms with van der Waals surface area (Å²) in [6.45, 7) is 7.22. The molecular weight excluding hydrogens is 380 g/mol. The van der Waals surface area contributed by atoms with Gasteiger partial charge >= 0.3 is 6.03 Å². The van der Waals surface area contributed by atoms with Crippen molar-refractivity contribution < 1.29 is 33.2 Å². The van der Waals surface area contributed by atoms with Crippen LogP contribution in [0.1, 0.15) is 13.3 Å². The molecule has 0 unspecified atom stereocenters. The third-order valence-corrected chi connectivity index (χ3v) is 3.82. The van der Waals surface area contributed by atoms with Crippen LogP contribution in [-0.4, -0.2) is 78.6 Å². The molecule has 1 aromatic carbocycles. The van der Waals surface area contributed by atoms with Crippen LogP contribution in [-0.2, 0) is 18.9 Å². The van der Waals surface area contributed by atoms with Gasteiger partial charge in [0.05, 0.1) is 52.9 Å². The fraction of sp³-hybridized carbons (Fsp3) is 0.650. The molecule has 2 N–H and O–H groups in total. The van der Waals surface area contributed by atoms with Gasteiger partial charge in [-0.25, -0.2) is 4.79 Å². The normalized spacial score (nSPS) is 17.6. The van der Waals surface area contributed by atoms with Crippen molar-refractivity contribution in [3.05, 3.63) is 18.2 Å². The Labute approximate surface area is 171 Å². The highest BCUT2D eigenvalue weighted by Gasteiger charge is 2.09. The first kappa shape index (κ1) is 23.2. The van der Waals surface area contributed by atoms with Gasteiger partial charge in [0.25, 0.3) is 0 Å². The van der Waals surface area contributed by atoms with Gasteiger partial charge in [-0.2, -0.15) is 0 Å². The number of rotatable bonds is 3. The molecule has 9 nitrogen and oxygen atoms in total. The highest BCUT2D eigenvalue weighted by atomic mass is 16.6. The Hall–Kier alpha value is -2.07. The van der Waals surface area contributed by atoms with Crippen LogP contribution in [0.25, 0.3) is 0 Å². The Morgan fingerprint density at radius 2 is 1.31 bits per heavy atom. The lowest BCUT2D eigenvalue weighted by molar-refractivity contribution is -0.00841. The van der Waals surface area contributed by atoms with Crippen LogP contribution in [0, 0.1) is 0 Å². The van der Waals surface area contributed by atoms with E-state index in [0.29, 0.717) is 89.8 Å².